The number of hydrogen-bond acceptors (Lipinski definition) is 6. The summed E-state index contributed by atoms with van der Waals surface area (Å²) in [7, 11) is -3.69. The second kappa shape index (κ2) is 11.9. The summed E-state index contributed by atoms with van der Waals surface area (Å²) in [5.74, 6) is 1.21. The van der Waals surface area contributed by atoms with Crippen LogP contribution < -0.4 is 9.05 Å². The van der Waals surface area contributed by atoms with Gasteiger partial charge in [0, 0.05) is 32.7 Å². The van der Waals surface area contributed by atoms with Gasteiger partial charge in [-0.05, 0) is 62.4 Å². The van der Waals surface area contributed by atoms with E-state index in [1.165, 1.54) is 0 Å². The monoisotopic (exact) mass is 642 g/mol. The zero-order valence-corrected chi connectivity index (χ0v) is 26.8. The molecule has 2 heterocycles. The zero-order valence-electron chi connectivity index (χ0n) is 25.0. The van der Waals surface area contributed by atoms with E-state index in [1.807, 2.05) is 121 Å². The quantitative estimate of drug-likeness (QED) is 0.186. The number of para-hydroxylation sites is 4. The molecule has 226 valence electrons. The molecule has 0 aliphatic carbocycles. The highest BCUT2D eigenvalue weighted by molar-refractivity contribution is 7.32. The van der Waals surface area contributed by atoms with Gasteiger partial charge in [0.2, 0.25) is 0 Å². The molecule has 0 bridgehead atoms. The van der Waals surface area contributed by atoms with Gasteiger partial charge in [-0.25, -0.2) is 0 Å². The zero-order chi connectivity index (χ0) is 31.0. The third-order valence-corrected chi connectivity index (χ3v) is 9.80. The second-order valence-corrected chi connectivity index (χ2v) is 13.0. The highest BCUT2D eigenvalue weighted by Gasteiger charge is 2.18. The molecule has 0 N–H and O–H groups in total. The Kier molecular flexibility index (Phi) is 7.30. The molecule has 2 aromatic heterocycles. The molecule has 0 fully saturated rings. The molecule has 0 amide bonds. The van der Waals surface area contributed by atoms with Crippen molar-refractivity contribution in [3.63, 3.8) is 0 Å². The number of benzene rings is 6. The molecule has 0 saturated heterocycles. The van der Waals surface area contributed by atoms with E-state index in [9.17, 15) is 0 Å². The molecule has 0 atom stereocenters. The summed E-state index contributed by atoms with van der Waals surface area (Å²) in [6.07, 6.45) is 0. The lowest BCUT2D eigenvalue weighted by Crippen LogP contribution is -1.91. The fourth-order valence-corrected chi connectivity index (χ4v) is 7.68. The van der Waals surface area contributed by atoms with Gasteiger partial charge < -0.3 is 25.8 Å². The first kappa shape index (κ1) is 28.2. The lowest BCUT2D eigenvalue weighted by Gasteiger charge is -2.14. The van der Waals surface area contributed by atoms with Crippen LogP contribution in [-0.2, 0) is 0 Å². The van der Waals surface area contributed by atoms with Crippen LogP contribution in [0.25, 0.3) is 55.0 Å². The van der Waals surface area contributed by atoms with Crippen molar-refractivity contribution in [3.05, 3.63) is 145 Å². The van der Waals surface area contributed by atoms with Gasteiger partial charge >= 0.3 is 16.5 Å². The molecule has 0 aliphatic rings. The average molecular weight is 643 g/mol. The maximum atomic E-state index is 6.60. The van der Waals surface area contributed by atoms with Gasteiger partial charge in [0.25, 0.3) is 0 Å². The summed E-state index contributed by atoms with van der Waals surface area (Å²) in [6.45, 7) is 4.10. The lowest BCUT2D eigenvalue weighted by atomic mass is 10.00. The van der Waals surface area contributed by atoms with E-state index in [0.717, 1.165) is 43.8 Å². The van der Waals surface area contributed by atoms with Gasteiger partial charge in [0.05, 0.1) is 0 Å². The predicted octanol–water partition coefficient (Wildman–Crippen LogP) is 12.9. The van der Waals surface area contributed by atoms with E-state index in [1.54, 1.807) is 0 Å². The Morgan fingerprint density at radius 1 is 0.391 bits per heavy atom. The summed E-state index contributed by atoms with van der Waals surface area (Å²) < 4.78 is 38.7. The largest absolute Gasteiger partial charge is 0.453 e. The van der Waals surface area contributed by atoms with Crippen LogP contribution >= 0.6 is 16.5 Å². The summed E-state index contributed by atoms with van der Waals surface area (Å²) in [5, 5.41) is 3.83. The highest BCUT2D eigenvalue weighted by Crippen LogP contribution is 2.46. The molecule has 0 aliphatic heterocycles. The van der Waals surface area contributed by atoms with E-state index in [2.05, 4.69) is 26.0 Å². The van der Waals surface area contributed by atoms with Crippen LogP contribution in [0.3, 0.4) is 0 Å². The summed E-state index contributed by atoms with van der Waals surface area (Å²) >= 11 is 0. The third-order valence-electron chi connectivity index (χ3n) is 7.73. The lowest BCUT2D eigenvalue weighted by molar-refractivity contribution is 0.494. The van der Waals surface area contributed by atoms with Crippen molar-refractivity contribution >= 4 is 60.4 Å². The number of rotatable bonds is 5. The highest BCUT2D eigenvalue weighted by atomic mass is 31.1. The standard InChI is InChI=1S/C38H28O6P2/c1-25-19-21-37(43-45-39-33-15-7-3-11-27(33)28-12-4-8-16-34(28)40-45)31(23-25)32-24-26(2)20-22-38(32)44-46-41-35-17-9-5-13-29(35)30-14-6-10-18-36(30)42-46/h3-24H,1-2H3. The van der Waals surface area contributed by atoms with Crippen LogP contribution in [0.4, 0.5) is 0 Å². The summed E-state index contributed by atoms with van der Waals surface area (Å²) in [4.78, 5) is 0. The Hall–Kier alpha value is -5.28. The minimum absolute atomic E-state index is 0.607. The van der Waals surface area contributed by atoms with E-state index in [0.29, 0.717) is 33.8 Å². The molecule has 6 nitrogen and oxygen atoms in total. The topological polar surface area (TPSA) is 71.0 Å². The van der Waals surface area contributed by atoms with Crippen LogP contribution in [0.1, 0.15) is 11.1 Å². The van der Waals surface area contributed by atoms with Crippen LogP contribution in [0, 0.1) is 13.8 Å². The average Bonchev–Trinajstić information content (AvgIpc) is 3.33. The van der Waals surface area contributed by atoms with Crippen molar-refractivity contribution < 1.29 is 25.8 Å². The van der Waals surface area contributed by atoms with Crippen molar-refractivity contribution in [2.24, 2.45) is 0 Å². The predicted molar refractivity (Wildman–Crippen MR) is 186 cm³/mol. The molecule has 6 aromatic carbocycles. The van der Waals surface area contributed by atoms with Crippen molar-refractivity contribution in [2.75, 3.05) is 0 Å². The van der Waals surface area contributed by atoms with Gasteiger partial charge in [0.15, 0.2) is 0 Å². The van der Waals surface area contributed by atoms with Crippen molar-refractivity contribution in [1.29, 1.82) is 0 Å². The number of aryl methyl sites for hydroxylation is 2. The Morgan fingerprint density at radius 2 is 0.696 bits per heavy atom. The molecule has 8 aromatic rings. The Morgan fingerprint density at radius 3 is 1.02 bits per heavy atom. The molecule has 8 heteroatoms. The van der Waals surface area contributed by atoms with Crippen LogP contribution in [0.15, 0.2) is 150 Å². The second-order valence-electron chi connectivity index (χ2n) is 11.0. The fraction of sp³-hybridized carbons (Fsp3) is 0.0526. The first-order valence-corrected chi connectivity index (χ1v) is 17.0. The Bertz CT molecular complexity index is 2190. The smallest absolute Gasteiger partial charge is 0.390 e. The van der Waals surface area contributed by atoms with Crippen LogP contribution in [0.2, 0.25) is 0 Å². The molecular weight excluding hydrogens is 614 g/mol. The SMILES string of the molecule is Cc1ccc(Op2oc3ccccc3c3ccccc3o2)c(-c2cc(C)ccc2Op2oc3ccccc3c3ccccc3o2)c1. The molecular formula is C38H28O6P2. The normalized spacial score (nSPS) is 11.3. The Balaban J connectivity index is 1.27. The van der Waals surface area contributed by atoms with Gasteiger partial charge in [-0.2, -0.15) is 0 Å². The first-order chi connectivity index (χ1) is 22.6. The maximum Gasteiger partial charge on any atom is 0.453 e. The molecule has 8 rings (SSSR count). The molecule has 0 spiro atoms. The van der Waals surface area contributed by atoms with E-state index in [4.69, 9.17) is 25.8 Å². The van der Waals surface area contributed by atoms with Gasteiger partial charge in [-0.1, -0.05) is 96.1 Å². The molecule has 0 saturated carbocycles. The van der Waals surface area contributed by atoms with Crippen molar-refractivity contribution in [1.82, 2.24) is 0 Å². The summed E-state index contributed by atoms with van der Waals surface area (Å²) in [5.41, 5.74) is 6.63. The fourth-order valence-electron chi connectivity index (χ4n) is 5.54. The maximum absolute atomic E-state index is 6.60. The Labute approximate surface area is 266 Å². The van der Waals surface area contributed by atoms with Crippen molar-refractivity contribution in [2.45, 2.75) is 13.8 Å². The van der Waals surface area contributed by atoms with Crippen LogP contribution in [-0.4, -0.2) is 0 Å². The van der Waals surface area contributed by atoms with Crippen molar-refractivity contribution in [3.8, 4) is 22.6 Å². The summed E-state index contributed by atoms with van der Waals surface area (Å²) in [6, 6.07) is 43.7. The molecule has 0 unspecified atom stereocenters. The minimum atomic E-state index is -1.85. The van der Waals surface area contributed by atoms with E-state index >= 15 is 0 Å². The van der Waals surface area contributed by atoms with Crippen LogP contribution in [0.5, 0.6) is 11.5 Å². The van der Waals surface area contributed by atoms with Gasteiger partial charge in [-0.3, -0.25) is 0 Å². The number of hydrogen-bond donors (Lipinski definition) is 0. The van der Waals surface area contributed by atoms with Gasteiger partial charge in [0.1, 0.15) is 33.8 Å². The number of fused-ring (bicyclic) bond motifs is 6. The third kappa shape index (κ3) is 5.43. The minimum Gasteiger partial charge on any atom is -0.390 e. The first-order valence-electron chi connectivity index (χ1n) is 14.9. The molecule has 0 radical (unpaired) electrons. The van der Waals surface area contributed by atoms with E-state index in [-0.39, 0.29) is 0 Å². The molecule has 46 heavy (non-hydrogen) atoms. The van der Waals surface area contributed by atoms with Gasteiger partial charge in [-0.15, -0.1) is 0 Å². The van der Waals surface area contributed by atoms with E-state index < -0.39 is 16.5 Å².